The maximum Gasteiger partial charge on any atom is 0.427 e. The van der Waals surface area contributed by atoms with Crippen molar-refractivity contribution in [1.82, 2.24) is 4.90 Å². The van der Waals surface area contributed by atoms with Crippen molar-refractivity contribution in [3.05, 3.63) is 28.3 Å². The lowest BCUT2D eigenvalue weighted by Crippen LogP contribution is -2.45. The van der Waals surface area contributed by atoms with Crippen molar-refractivity contribution in [2.24, 2.45) is 4.99 Å². The molecule has 0 aromatic heterocycles. The number of amidine groups is 1. The number of hydrogen-bond acceptors (Lipinski definition) is 4. The molecule has 3 atom stereocenters. The molecule has 1 aromatic carbocycles. The molecular formula is C15H13ClF3N3O2. The third-order valence-electron chi connectivity index (χ3n) is 4.23. The van der Waals surface area contributed by atoms with Crippen LogP contribution >= 0.6 is 11.6 Å². The average molecular weight is 360 g/mol. The molecule has 0 saturated carbocycles. The van der Waals surface area contributed by atoms with Gasteiger partial charge >= 0.3 is 6.18 Å². The van der Waals surface area contributed by atoms with Crippen molar-refractivity contribution in [1.29, 1.82) is 5.26 Å². The van der Waals surface area contributed by atoms with E-state index in [0.29, 0.717) is 11.3 Å². The second-order valence-corrected chi connectivity index (χ2v) is 6.08. The van der Waals surface area contributed by atoms with Gasteiger partial charge in [-0.05, 0) is 31.0 Å². The maximum absolute atomic E-state index is 13.2. The SMILES string of the molecule is Cc1c(N=C2O[C@H](C(F)(F)F)[C@@H]3[C@@H](O)CCN23)ccc(C#N)c1Cl. The number of aliphatic hydroxyl groups is 1. The van der Waals surface area contributed by atoms with Gasteiger partial charge in [-0.15, -0.1) is 0 Å². The molecular weight excluding hydrogens is 347 g/mol. The van der Waals surface area contributed by atoms with E-state index in [1.165, 1.54) is 17.0 Å². The van der Waals surface area contributed by atoms with Crippen LogP contribution in [0.1, 0.15) is 17.5 Å². The summed E-state index contributed by atoms with van der Waals surface area (Å²) >= 11 is 6.05. The standard InChI is InChI=1S/C15H13ClF3N3O2/c1-7-9(3-2-8(6-20)11(7)16)21-14-22-5-4-10(23)12(22)13(24-14)15(17,18)19/h2-3,10,12-13,23H,4-5H2,1H3/t10-,12-,13-/m0/s1. The summed E-state index contributed by atoms with van der Waals surface area (Å²) in [4.78, 5) is 5.48. The molecule has 2 aliphatic heterocycles. The van der Waals surface area contributed by atoms with Gasteiger partial charge in [-0.2, -0.15) is 23.4 Å². The van der Waals surface area contributed by atoms with E-state index in [-0.39, 0.29) is 29.6 Å². The second kappa shape index (κ2) is 5.83. The van der Waals surface area contributed by atoms with Crippen LogP contribution in [0.15, 0.2) is 17.1 Å². The summed E-state index contributed by atoms with van der Waals surface area (Å²) in [7, 11) is 0. The zero-order valence-corrected chi connectivity index (χ0v) is 13.3. The number of rotatable bonds is 1. The summed E-state index contributed by atoms with van der Waals surface area (Å²) in [5.74, 6) is 0. The Labute approximate surface area is 140 Å². The summed E-state index contributed by atoms with van der Waals surface area (Å²) < 4.78 is 44.5. The van der Waals surface area contributed by atoms with Crippen LogP contribution in [0.3, 0.4) is 0 Å². The Hall–Kier alpha value is -1.98. The molecule has 5 nitrogen and oxygen atoms in total. The first-order chi connectivity index (χ1) is 11.2. The first-order valence-electron chi connectivity index (χ1n) is 7.20. The number of halogens is 4. The maximum atomic E-state index is 13.2. The van der Waals surface area contributed by atoms with Gasteiger partial charge in [0.05, 0.1) is 22.4 Å². The highest BCUT2D eigenvalue weighted by Crippen LogP contribution is 2.39. The molecule has 1 N–H and O–H groups in total. The number of nitrogens with zero attached hydrogens (tertiary/aromatic N) is 3. The van der Waals surface area contributed by atoms with Crippen LogP contribution in [0.4, 0.5) is 18.9 Å². The zero-order chi connectivity index (χ0) is 17.6. The van der Waals surface area contributed by atoms with Crippen LogP contribution in [0, 0.1) is 18.3 Å². The van der Waals surface area contributed by atoms with Gasteiger partial charge in [0.1, 0.15) is 12.1 Å². The second-order valence-electron chi connectivity index (χ2n) is 5.70. The molecule has 9 heteroatoms. The van der Waals surface area contributed by atoms with E-state index in [0.717, 1.165) is 0 Å². The summed E-state index contributed by atoms with van der Waals surface area (Å²) in [5.41, 5.74) is 1.05. The first kappa shape index (κ1) is 16.9. The summed E-state index contributed by atoms with van der Waals surface area (Å²) in [6.45, 7) is 1.84. The Morgan fingerprint density at radius 1 is 1.46 bits per heavy atom. The lowest BCUT2D eigenvalue weighted by molar-refractivity contribution is -0.203. The van der Waals surface area contributed by atoms with Crippen molar-refractivity contribution in [3.63, 3.8) is 0 Å². The van der Waals surface area contributed by atoms with Gasteiger partial charge < -0.3 is 14.7 Å². The Morgan fingerprint density at radius 2 is 2.17 bits per heavy atom. The third kappa shape index (κ3) is 2.68. The van der Waals surface area contributed by atoms with Crippen LogP contribution in [0.25, 0.3) is 0 Å². The number of nitriles is 1. The first-order valence-corrected chi connectivity index (χ1v) is 7.58. The molecule has 2 heterocycles. The van der Waals surface area contributed by atoms with Gasteiger partial charge in [0.15, 0.2) is 0 Å². The summed E-state index contributed by atoms with van der Waals surface area (Å²) in [5, 5.41) is 19.0. The Kier molecular flexibility index (Phi) is 4.10. The highest BCUT2D eigenvalue weighted by Gasteiger charge is 2.59. The highest BCUT2D eigenvalue weighted by molar-refractivity contribution is 6.32. The number of benzene rings is 1. The fraction of sp³-hybridized carbons (Fsp3) is 0.467. The number of ether oxygens (including phenoxy) is 1. The van der Waals surface area contributed by atoms with E-state index in [1.54, 1.807) is 6.92 Å². The van der Waals surface area contributed by atoms with Crippen molar-refractivity contribution < 1.29 is 23.0 Å². The number of aliphatic imine (C=N–C) groups is 1. The van der Waals surface area contributed by atoms with Crippen molar-refractivity contribution in [3.8, 4) is 6.07 Å². The predicted molar refractivity (Wildman–Crippen MR) is 80.0 cm³/mol. The molecule has 0 spiro atoms. The van der Waals surface area contributed by atoms with Gasteiger partial charge in [0.25, 0.3) is 6.02 Å². The van der Waals surface area contributed by atoms with E-state index >= 15 is 0 Å². The van der Waals surface area contributed by atoms with Gasteiger partial charge in [-0.3, -0.25) is 0 Å². The van der Waals surface area contributed by atoms with Crippen LogP contribution in [-0.4, -0.2) is 47.0 Å². The molecule has 2 saturated heterocycles. The Bertz CT molecular complexity index is 745. The Balaban J connectivity index is 2.00. The largest absolute Gasteiger partial charge is 0.450 e. The molecule has 0 amide bonds. The van der Waals surface area contributed by atoms with E-state index < -0.39 is 24.4 Å². The van der Waals surface area contributed by atoms with E-state index in [2.05, 4.69) is 4.99 Å². The highest BCUT2D eigenvalue weighted by atomic mass is 35.5. The van der Waals surface area contributed by atoms with Gasteiger partial charge in [0.2, 0.25) is 6.10 Å². The molecule has 0 aliphatic carbocycles. The molecule has 0 unspecified atom stereocenters. The fourth-order valence-corrected chi connectivity index (χ4v) is 3.18. The minimum atomic E-state index is -4.61. The topological polar surface area (TPSA) is 68.8 Å². The minimum absolute atomic E-state index is 0.192. The van der Waals surface area contributed by atoms with Crippen LogP contribution < -0.4 is 0 Å². The molecule has 1 aromatic rings. The normalized spacial score (nSPS) is 28.0. The minimum Gasteiger partial charge on any atom is -0.450 e. The monoisotopic (exact) mass is 359 g/mol. The number of hydrogen-bond donors (Lipinski definition) is 1. The summed E-state index contributed by atoms with van der Waals surface area (Å²) in [6, 6.07) is 3.48. The van der Waals surface area contributed by atoms with Crippen molar-refractivity contribution in [2.75, 3.05) is 6.54 Å². The lowest BCUT2D eigenvalue weighted by atomic mass is 10.1. The van der Waals surface area contributed by atoms with Gasteiger partial charge in [0, 0.05) is 6.54 Å². The van der Waals surface area contributed by atoms with E-state index in [1.807, 2.05) is 6.07 Å². The van der Waals surface area contributed by atoms with Gasteiger partial charge in [-0.25, -0.2) is 0 Å². The van der Waals surface area contributed by atoms with Crippen LogP contribution in [-0.2, 0) is 4.74 Å². The molecule has 0 bridgehead atoms. The van der Waals surface area contributed by atoms with Crippen molar-refractivity contribution in [2.45, 2.75) is 37.8 Å². The average Bonchev–Trinajstić information content (AvgIpc) is 3.06. The summed E-state index contributed by atoms with van der Waals surface area (Å²) in [6.07, 6.45) is -7.65. The van der Waals surface area contributed by atoms with E-state index in [4.69, 9.17) is 21.6 Å². The molecule has 128 valence electrons. The molecule has 24 heavy (non-hydrogen) atoms. The number of fused-ring (bicyclic) bond motifs is 1. The van der Waals surface area contributed by atoms with Gasteiger partial charge in [-0.1, -0.05) is 11.6 Å². The lowest BCUT2D eigenvalue weighted by Gasteiger charge is -2.21. The number of alkyl halides is 3. The fourth-order valence-electron chi connectivity index (χ4n) is 2.97. The Morgan fingerprint density at radius 3 is 2.79 bits per heavy atom. The van der Waals surface area contributed by atoms with Crippen LogP contribution in [0.5, 0.6) is 0 Å². The smallest absolute Gasteiger partial charge is 0.427 e. The molecule has 2 fully saturated rings. The van der Waals surface area contributed by atoms with E-state index in [9.17, 15) is 18.3 Å². The van der Waals surface area contributed by atoms with Crippen LogP contribution in [0.2, 0.25) is 5.02 Å². The number of aliphatic hydroxyl groups excluding tert-OH is 1. The molecule has 2 aliphatic rings. The predicted octanol–water partition coefficient (Wildman–Crippen LogP) is 2.90. The molecule has 0 radical (unpaired) electrons. The third-order valence-corrected chi connectivity index (χ3v) is 4.71. The van der Waals surface area contributed by atoms with Crippen molar-refractivity contribution >= 4 is 23.3 Å². The quantitative estimate of drug-likeness (QED) is 0.837. The molecule has 3 rings (SSSR count). The zero-order valence-electron chi connectivity index (χ0n) is 12.5.